The molecule has 0 saturated heterocycles. The summed E-state index contributed by atoms with van der Waals surface area (Å²) in [7, 11) is 1.65. The van der Waals surface area contributed by atoms with E-state index in [0.29, 0.717) is 6.54 Å². The van der Waals surface area contributed by atoms with Crippen molar-refractivity contribution in [1.29, 1.82) is 0 Å². The van der Waals surface area contributed by atoms with Crippen molar-refractivity contribution in [2.45, 2.75) is 18.9 Å². The van der Waals surface area contributed by atoms with E-state index in [0.717, 1.165) is 23.5 Å². The molecule has 0 bridgehead atoms. The van der Waals surface area contributed by atoms with Gasteiger partial charge in [-0.2, -0.15) is 0 Å². The SMILES string of the molecule is COc1cccc(OC(C)(CCN)c2ccccc2)c1. The Balaban J connectivity index is 2.29. The molecule has 1 unspecified atom stereocenters. The summed E-state index contributed by atoms with van der Waals surface area (Å²) in [6, 6.07) is 17.8. The van der Waals surface area contributed by atoms with Crippen LogP contribution in [0.5, 0.6) is 11.5 Å². The van der Waals surface area contributed by atoms with E-state index in [4.69, 9.17) is 15.2 Å². The quantitative estimate of drug-likeness (QED) is 0.876. The summed E-state index contributed by atoms with van der Waals surface area (Å²) in [5.74, 6) is 1.56. The van der Waals surface area contributed by atoms with Crippen molar-refractivity contribution in [2.24, 2.45) is 5.73 Å². The highest BCUT2D eigenvalue weighted by Gasteiger charge is 2.28. The predicted octanol–water partition coefficient (Wildman–Crippen LogP) is 3.34. The number of benzene rings is 2. The molecule has 3 heteroatoms. The Bertz CT molecular complexity index is 542. The summed E-state index contributed by atoms with van der Waals surface area (Å²) >= 11 is 0. The maximum absolute atomic E-state index is 6.21. The zero-order chi connectivity index (χ0) is 14.4. The van der Waals surface area contributed by atoms with E-state index in [2.05, 4.69) is 19.1 Å². The van der Waals surface area contributed by atoms with Gasteiger partial charge in [-0.1, -0.05) is 36.4 Å². The third-order valence-corrected chi connectivity index (χ3v) is 3.39. The zero-order valence-corrected chi connectivity index (χ0v) is 12.0. The molecule has 106 valence electrons. The molecule has 0 spiro atoms. The summed E-state index contributed by atoms with van der Waals surface area (Å²) in [6.07, 6.45) is 0.744. The van der Waals surface area contributed by atoms with Crippen LogP contribution in [0.15, 0.2) is 54.6 Å². The van der Waals surface area contributed by atoms with Crippen LogP contribution >= 0.6 is 0 Å². The van der Waals surface area contributed by atoms with Crippen LogP contribution < -0.4 is 15.2 Å². The Hall–Kier alpha value is -2.00. The fourth-order valence-corrected chi connectivity index (χ4v) is 2.25. The van der Waals surface area contributed by atoms with Crippen LogP contribution in [0.2, 0.25) is 0 Å². The molecule has 2 aromatic rings. The third-order valence-electron chi connectivity index (χ3n) is 3.39. The van der Waals surface area contributed by atoms with Crippen LogP contribution in [0.1, 0.15) is 18.9 Å². The van der Waals surface area contributed by atoms with Crippen LogP contribution in [0.4, 0.5) is 0 Å². The summed E-state index contributed by atoms with van der Waals surface area (Å²) in [5.41, 5.74) is 6.43. The van der Waals surface area contributed by atoms with Gasteiger partial charge in [0.1, 0.15) is 17.1 Å². The van der Waals surface area contributed by atoms with Crippen molar-refractivity contribution < 1.29 is 9.47 Å². The monoisotopic (exact) mass is 271 g/mol. The van der Waals surface area contributed by atoms with E-state index in [9.17, 15) is 0 Å². The van der Waals surface area contributed by atoms with Crippen molar-refractivity contribution in [3.05, 3.63) is 60.2 Å². The molecular formula is C17H21NO2. The van der Waals surface area contributed by atoms with E-state index in [1.165, 1.54) is 0 Å². The highest BCUT2D eigenvalue weighted by molar-refractivity contribution is 5.34. The van der Waals surface area contributed by atoms with Crippen LogP contribution in [-0.4, -0.2) is 13.7 Å². The highest BCUT2D eigenvalue weighted by atomic mass is 16.5. The van der Waals surface area contributed by atoms with Gasteiger partial charge in [0, 0.05) is 12.5 Å². The second-order valence-corrected chi connectivity index (χ2v) is 4.92. The minimum Gasteiger partial charge on any atom is -0.497 e. The predicted molar refractivity (Wildman–Crippen MR) is 81.1 cm³/mol. The average Bonchev–Trinajstić information content (AvgIpc) is 2.48. The molecule has 0 aromatic heterocycles. The van der Waals surface area contributed by atoms with E-state index in [1.54, 1.807) is 7.11 Å². The number of methoxy groups -OCH3 is 1. The van der Waals surface area contributed by atoms with Crippen molar-refractivity contribution in [3.63, 3.8) is 0 Å². The lowest BCUT2D eigenvalue weighted by Gasteiger charge is -2.31. The largest absolute Gasteiger partial charge is 0.497 e. The van der Waals surface area contributed by atoms with Gasteiger partial charge in [-0.05, 0) is 31.2 Å². The van der Waals surface area contributed by atoms with Gasteiger partial charge in [-0.15, -0.1) is 0 Å². The Kier molecular flexibility index (Phi) is 4.64. The van der Waals surface area contributed by atoms with Gasteiger partial charge in [-0.25, -0.2) is 0 Å². The van der Waals surface area contributed by atoms with Gasteiger partial charge in [0.25, 0.3) is 0 Å². The minimum atomic E-state index is -0.442. The summed E-state index contributed by atoms with van der Waals surface area (Å²) in [4.78, 5) is 0. The highest BCUT2D eigenvalue weighted by Crippen LogP contribution is 2.32. The Morgan fingerprint density at radius 2 is 1.70 bits per heavy atom. The van der Waals surface area contributed by atoms with E-state index in [-0.39, 0.29) is 0 Å². The first-order chi connectivity index (χ1) is 9.68. The first-order valence-corrected chi connectivity index (χ1v) is 6.76. The first-order valence-electron chi connectivity index (χ1n) is 6.76. The summed E-state index contributed by atoms with van der Waals surface area (Å²) < 4.78 is 11.4. The second-order valence-electron chi connectivity index (χ2n) is 4.92. The molecule has 0 aliphatic carbocycles. The van der Waals surface area contributed by atoms with Crippen LogP contribution in [0, 0.1) is 0 Å². The van der Waals surface area contributed by atoms with E-state index in [1.807, 2.05) is 42.5 Å². The van der Waals surface area contributed by atoms with Crippen LogP contribution in [0.3, 0.4) is 0 Å². The molecule has 2 N–H and O–H groups in total. The van der Waals surface area contributed by atoms with Gasteiger partial charge in [0.05, 0.1) is 7.11 Å². The molecule has 0 amide bonds. The summed E-state index contributed by atoms with van der Waals surface area (Å²) in [6.45, 7) is 2.63. The average molecular weight is 271 g/mol. The lowest BCUT2D eigenvalue weighted by molar-refractivity contribution is 0.0794. The van der Waals surface area contributed by atoms with Gasteiger partial charge in [0.2, 0.25) is 0 Å². The minimum absolute atomic E-state index is 0.442. The molecule has 0 saturated carbocycles. The van der Waals surface area contributed by atoms with Gasteiger partial charge >= 0.3 is 0 Å². The first kappa shape index (κ1) is 14.4. The van der Waals surface area contributed by atoms with Crippen molar-refractivity contribution >= 4 is 0 Å². The van der Waals surface area contributed by atoms with Crippen molar-refractivity contribution in [3.8, 4) is 11.5 Å². The molecule has 0 heterocycles. The number of rotatable bonds is 6. The second kappa shape index (κ2) is 6.44. The Morgan fingerprint density at radius 1 is 1.00 bits per heavy atom. The molecule has 0 fully saturated rings. The molecule has 3 nitrogen and oxygen atoms in total. The normalized spacial score (nSPS) is 13.6. The van der Waals surface area contributed by atoms with Crippen LogP contribution in [0.25, 0.3) is 0 Å². The van der Waals surface area contributed by atoms with Gasteiger partial charge < -0.3 is 15.2 Å². The molecular weight excluding hydrogens is 250 g/mol. The topological polar surface area (TPSA) is 44.5 Å². The van der Waals surface area contributed by atoms with E-state index < -0.39 is 5.60 Å². The molecule has 1 atom stereocenters. The molecule has 0 aliphatic rings. The smallest absolute Gasteiger partial charge is 0.132 e. The maximum Gasteiger partial charge on any atom is 0.132 e. The number of nitrogens with two attached hydrogens (primary N) is 1. The van der Waals surface area contributed by atoms with Gasteiger partial charge in [0.15, 0.2) is 0 Å². The Labute approximate surface area is 120 Å². The fraction of sp³-hybridized carbons (Fsp3) is 0.294. The fourth-order valence-electron chi connectivity index (χ4n) is 2.25. The lowest BCUT2D eigenvalue weighted by Crippen LogP contribution is -2.32. The Morgan fingerprint density at radius 3 is 2.35 bits per heavy atom. The standard InChI is InChI=1S/C17H21NO2/c1-17(11-12-18,14-7-4-3-5-8-14)20-16-10-6-9-15(13-16)19-2/h3-10,13H,11-12,18H2,1-2H3. The van der Waals surface area contributed by atoms with E-state index >= 15 is 0 Å². The van der Waals surface area contributed by atoms with Gasteiger partial charge in [-0.3, -0.25) is 0 Å². The molecule has 0 radical (unpaired) electrons. The molecule has 2 rings (SSSR count). The van der Waals surface area contributed by atoms with Crippen molar-refractivity contribution in [2.75, 3.05) is 13.7 Å². The van der Waals surface area contributed by atoms with Crippen LogP contribution in [-0.2, 0) is 5.60 Å². The lowest BCUT2D eigenvalue weighted by atomic mass is 9.92. The number of hydrogen-bond acceptors (Lipinski definition) is 3. The molecule has 20 heavy (non-hydrogen) atoms. The maximum atomic E-state index is 6.21. The molecule has 0 aliphatic heterocycles. The third kappa shape index (κ3) is 3.31. The number of hydrogen-bond donors (Lipinski definition) is 1. The molecule has 2 aromatic carbocycles. The summed E-state index contributed by atoms with van der Waals surface area (Å²) in [5, 5.41) is 0. The zero-order valence-electron chi connectivity index (χ0n) is 12.0. The number of ether oxygens (including phenoxy) is 2. The van der Waals surface area contributed by atoms with Crippen molar-refractivity contribution in [1.82, 2.24) is 0 Å².